The molecule has 0 atom stereocenters. The first-order valence-electron chi connectivity index (χ1n) is 4.81. The van der Waals surface area contributed by atoms with E-state index in [9.17, 15) is 4.79 Å². The van der Waals surface area contributed by atoms with Crippen LogP contribution in [0.25, 0.3) is 10.9 Å². The molecule has 1 heterocycles. The molecule has 0 radical (unpaired) electrons. The maximum absolute atomic E-state index is 11.2. The van der Waals surface area contributed by atoms with E-state index in [1.807, 2.05) is 6.92 Å². The molecule has 2 rings (SSSR count). The summed E-state index contributed by atoms with van der Waals surface area (Å²) in [7, 11) is 1.45. The minimum Gasteiger partial charge on any atom is -0.496 e. The molecule has 0 amide bonds. The molecule has 16 heavy (non-hydrogen) atoms. The molecule has 1 aromatic carbocycles. The van der Waals surface area contributed by atoms with E-state index in [2.05, 4.69) is 4.98 Å². The van der Waals surface area contributed by atoms with E-state index in [1.54, 1.807) is 24.3 Å². The Kier molecular flexibility index (Phi) is 2.48. The normalized spacial score (nSPS) is 10.4. The number of nitrogens with zero attached hydrogens (tertiary/aromatic N) is 1. The van der Waals surface area contributed by atoms with E-state index in [0.29, 0.717) is 16.7 Å². The average molecular weight is 217 g/mol. The fourth-order valence-electron chi connectivity index (χ4n) is 1.68. The van der Waals surface area contributed by atoms with Crippen LogP contribution < -0.4 is 4.74 Å². The van der Waals surface area contributed by atoms with Gasteiger partial charge in [-0.05, 0) is 25.1 Å². The number of carboxylic acids is 1. The van der Waals surface area contributed by atoms with Gasteiger partial charge in [-0.25, -0.2) is 4.79 Å². The van der Waals surface area contributed by atoms with Crippen molar-refractivity contribution in [3.8, 4) is 5.75 Å². The minimum atomic E-state index is -1.01. The van der Waals surface area contributed by atoms with Gasteiger partial charge < -0.3 is 9.84 Å². The molecule has 0 unspecified atom stereocenters. The number of carbonyl (C=O) groups is 1. The van der Waals surface area contributed by atoms with Crippen LogP contribution in [0.3, 0.4) is 0 Å². The van der Waals surface area contributed by atoms with Crippen LogP contribution in [0.1, 0.15) is 16.1 Å². The Bertz CT molecular complexity index is 563. The quantitative estimate of drug-likeness (QED) is 0.838. The Morgan fingerprint density at radius 1 is 1.31 bits per heavy atom. The number of aromatic nitrogens is 1. The molecule has 0 aliphatic rings. The van der Waals surface area contributed by atoms with Crippen LogP contribution >= 0.6 is 0 Å². The maximum atomic E-state index is 11.2. The van der Waals surface area contributed by atoms with E-state index in [4.69, 9.17) is 9.84 Å². The summed E-state index contributed by atoms with van der Waals surface area (Å²) in [6, 6.07) is 6.92. The number of aromatic carboxylic acids is 1. The number of benzene rings is 1. The summed E-state index contributed by atoms with van der Waals surface area (Å²) in [6.07, 6.45) is 0. The molecule has 1 aromatic heterocycles. The van der Waals surface area contributed by atoms with E-state index >= 15 is 0 Å². The SMILES string of the molecule is COc1ccc2nc(C)ccc2c1C(=O)O. The number of ether oxygens (including phenoxy) is 1. The average Bonchev–Trinajstić information content (AvgIpc) is 2.26. The zero-order valence-corrected chi connectivity index (χ0v) is 9.02. The van der Waals surface area contributed by atoms with Crippen LogP contribution in [-0.4, -0.2) is 23.2 Å². The van der Waals surface area contributed by atoms with Crippen LogP contribution in [0.4, 0.5) is 0 Å². The number of hydrogen-bond acceptors (Lipinski definition) is 3. The van der Waals surface area contributed by atoms with Crippen molar-refractivity contribution in [3.05, 3.63) is 35.5 Å². The Morgan fingerprint density at radius 2 is 2.06 bits per heavy atom. The van der Waals surface area contributed by atoms with Gasteiger partial charge in [0.25, 0.3) is 0 Å². The van der Waals surface area contributed by atoms with Gasteiger partial charge in [0.05, 0.1) is 12.6 Å². The summed E-state index contributed by atoms with van der Waals surface area (Å²) < 4.78 is 5.04. The van der Waals surface area contributed by atoms with Crippen molar-refractivity contribution in [1.29, 1.82) is 0 Å². The largest absolute Gasteiger partial charge is 0.496 e. The van der Waals surface area contributed by atoms with Crippen LogP contribution in [0.2, 0.25) is 0 Å². The third kappa shape index (κ3) is 1.58. The molecule has 4 heteroatoms. The van der Waals surface area contributed by atoms with Gasteiger partial charge in [-0.2, -0.15) is 0 Å². The highest BCUT2D eigenvalue weighted by atomic mass is 16.5. The number of hydrogen-bond donors (Lipinski definition) is 1. The van der Waals surface area contributed by atoms with Gasteiger partial charge in [0, 0.05) is 11.1 Å². The molecule has 0 fully saturated rings. The molecule has 82 valence electrons. The second-order valence-electron chi connectivity index (χ2n) is 3.47. The van der Waals surface area contributed by atoms with Crippen LogP contribution in [0.15, 0.2) is 24.3 Å². The number of aryl methyl sites for hydroxylation is 1. The summed E-state index contributed by atoms with van der Waals surface area (Å²) in [5.74, 6) is -0.654. The fraction of sp³-hybridized carbons (Fsp3) is 0.167. The van der Waals surface area contributed by atoms with Crippen LogP contribution in [0, 0.1) is 6.92 Å². The van der Waals surface area contributed by atoms with Crippen molar-refractivity contribution < 1.29 is 14.6 Å². The Balaban J connectivity index is 2.84. The monoisotopic (exact) mass is 217 g/mol. The first-order chi connectivity index (χ1) is 7.63. The lowest BCUT2D eigenvalue weighted by molar-refractivity contribution is 0.0695. The molecular formula is C12H11NO3. The highest BCUT2D eigenvalue weighted by molar-refractivity contribution is 6.05. The molecule has 0 saturated heterocycles. The zero-order chi connectivity index (χ0) is 11.7. The van der Waals surface area contributed by atoms with E-state index < -0.39 is 5.97 Å². The number of carboxylic acid groups (broad SMARTS) is 1. The molecule has 4 nitrogen and oxygen atoms in total. The van der Waals surface area contributed by atoms with E-state index in [1.165, 1.54) is 7.11 Å². The molecule has 0 spiro atoms. The lowest BCUT2D eigenvalue weighted by Gasteiger charge is -2.08. The van der Waals surface area contributed by atoms with E-state index in [0.717, 1.165) is 5.69 Å². The zero-order valence-electron chi connectivity index (χ0n) is 9.02. The van der Waals surface area contributed by atoms with Crippen molar-refractivity contribution in [1.82, 2.24) is 4.98 Å². The Hall–Kier alpha value is -2.10. The highest BCUT2D eigenvalue weighted by Gasteiger charge is 2.15. The number of rotatable bonds is 2. The van der Waals surface area contributed by atoms with E-state index in [-0.39, 0.29) is 5.56 Å². The van der Waals surface area contributed by atoms with Crippen molar-refractivity contribution in [2.45, 2.75) is 6.92 Å². The van der Waals surface area contributed by atoms with Crippen LogP contribution in [0.5, 0.6) is 5.75 Å². The summed E-state index contributed by atoms with van der Waals surface area (Å²) in [4.78, 5) is 15.4. The molecule has 0 aliphatic heterocycles. The topological polar surface area (TPSA) is 59.4 Å². The summed E-state index contributed by atoms with van der Waals surface area (Å²) in [5, 5.41) is 9.75. The van der Waals surface area contributed by atoms with Crippen molar-refractivity contribution >= 4 is 16.9 Å². The van der Waals surface area contributed by atoms with Gasteiger partial charge >= 0.3 is 5.97 Å². The van der Waals surface area contributed by atoms with Gasteiger partial charge in [0.15, 0.2) is 0 Å². The van der Waals surface area contributed by atoms with Gasteiger partial charge in [-0.15, -0.1) is 0 Å². The molecule has 0 saturated carbocycles. The summed E-state index contributed by atoms with van der Waals surface area (Å²) in [5.41, 5.74) is 1.68. The summed E-state index contributed by atoms with van der Waals surface area (Å²) in [6.45, 7) is 1.87. The lowest BCUT2D eigenvalue weighted by Crippen LogP contribution is -2.02. The third-order valence-electron chi connectivity index (χ3n) is 2.41. The standard InChI is InChI=1S/C12H11NO3/c1-7-3-4-8-9(13-7)5-6-10(16-2)11(8)12(14)15/h3-6H,1-2H3,(H,14,15). The number of methoxy groups -OCH3 is 1. The Morgan fingerprint density at radius 3 is 2.69 bits per heavy atom. The molecule has 2 aromatic rings. The fourth-order valence-corrected chi connectivity index (χ4v) is 1.68. The van der Waals surface area contributed by atoms with Gasteiger partial charge in [0.1, 0.15) is 11.3 Å². The van der Waals surface area contributed by atoms with Crippen molar-refractivity contribution in [3.63, 3.8) is 0 Å². The maximum Gasteiger partial charge on any atom is 0.340 e. The van der Waals surface area contributed by atoms with Gasteiger partial charge in [0.2, 0.25) is 0 Å². The van der Waals surface area contributed by atoms with Crippen molar-refractivity contribution in [2.75, 3.05) is 7.11 Å². The molecular weight excluding hydrogens is 206 g/mol. The minimum absolute atomic E-state index is 0.160. The number of fused-ring (bicyclic) bond motifs is 1. The molecule has 0 bridgehead atoms. The first kappa shape index (κ1) is 10.4. The molecule has 0 aliphatic carbocycles. The number of pyridine rings is 1. The van der Waals surface area contributed by atoms with Gasteiger partial charge in [-0.1, -0.05) is 6.07 Å². The second kappa shape index (κ2) is 3.81. The lowest BCUT2D eigenvalue weighted by atomic mass is 10.1. The smallest absolute Gasteiger partial charge is 0.340 e. The van der Waals surface area contributed by atoms with Crippen LogP contribution in [-0.2, 0) is 0 Å². The van der Waals surface area contributed by atoms with Gasteiger partial charge in [-0.3, -0.25) is 4.98 Å². The summed E-state index contributed by atoms with van der Waals surface area (Å²) >= 11 is 0. The predicted octanol–water partition coefficient (Wildman–Crippen LogP) is 2.25. The third-order valence-corrected chi connectivity index (χ3v) is 2.41. The predicted molar refractivity (Wildman–Crippen MR) is 60.0 cm³/mol. The first-order valence-corrected chi connectivity index (χ1v) is 4.81. The highest BCUT2D eigenvalue weighted by Crippen LogP contribution is 2.27. The second-order valence-corrected chi connectivity index (χ2v) is 3.47. The Labute approximate surface area is 92.5 Å². The molecule has 1 N–H and O–H groups in total. The van der Waals surface area contributed by atoms with Crippen molar-refractivity contribution in [2.24, 2.45) is 0 Å².